The zero-order chi connectivity index (χ0) is 18.8. The molecular weight excluding hydrogens is 362 g/mol. The number of benzene rings is 2. The van der Waals surface area contributed by atoms with Gasteiger partial charge in [-0.05, 0) is 29.8 Å². The molecule has 0 saturated carbocycles. The molecular formula is C17H14ClN3O5. The van der Waals surface area contributed by atoms with Crippen LogP contribution < -0.4 is 10.1 Å². The summed E-state index contributed by atoms with van der Waals surface area (Å²) in [6.45, 7) is -0.00218. The van der Waals surface area contributed by atoms with Crippen molar-refractivity contribution in [3.05, 3.63) is 62.7 Å². The number of carbonyl (C=O) groups is 2. The normalized spacial score (nSPS) is 12.6. The van der Waals surface area contributed by atoms with Crippen LogP contribution in [0.2, 0.25) is 5.02 Å². The number of halogens is 1. The molecule has 8 nitrogen and oxygen atoms in total. The Kier molecular flexibility index (Phi) is 4.77. The molecule has 0 fully saturated rings. The third-order valence-electron chi connectivity index (χ3n) is 3.86. The number of nitro groups is 1. The van der Waals surface area contributed by atoms with Crippen LogP contribution in [-0.2, 0) is 11.3 Å². The Morgan fingerprint density at radius 3 is 2.85 bits per heavy atom. The molecule has 0 aliphatic carbocycles. The molecule has 2 amide bonds. The molecule has 134 valence electrons. The number of amides is 2. The van der Waals surface area contributed by atoms with Crippen molar-refractivity contribution in [2.24, 2.45) is 0 Å². The fraction of sp³-hybridized carbons (Fsp3) is 0.176. The lowest BCUT2D eigenvalue weighted by Crippen LogP contribution is -2.28. The summed E-state index contributed by atoms with van der Waals surface area (Å²) in [5, 5.41) is 13.9. The predicted molar refractivity (Wildman–Crippen MR) is 94.5 cm³/mol. The van der Waals surface area contributed by atoms with E-state index in [0.29, 0.717) is 27.6 Å². The van der Waals surface area contributed by atoms with Crippen LogP contribution in [-0.4, -0.2) is 35.3 Å². The second-order valence-corrected chi connectivity index (χ2v) is 6.15. The van der Waals surface area contributed by atoms with Crippen molar-refractivity contribution >= 4 is 34.8 Å². The first kappa shape index (κ1) is 17.7. The first-order valence-corrected chi connectivity index (χ1v) is 7.98. The largest absolute Gasteiger partial charge is 0.482 e. The van der Waals surface area contributed by atoms with Crippen molar-refractivity contribution in [2.75, 3.05) is 19.0 Å². The maximum atomic E-state index is 12.6. The molecule has 0 unspecified atom stereocenters. The molecule has 1 aliphatic rings. The van der Waals surface area contributed by atoms with Gasteiger partial charge in [-0.25, -0.2) is 0 Å². The minimum atomic E-state index is -0.517. The van der Waals surface area contributed by atoms with Gasteiger partial charge in [0.1, 0.15) is 5.75 Å². The Hall–Kier alpha value is -3.13. The quantitative estimate of drug-likeness (QED) is 0.654. The maximum Gasteiger partial charge on any atom is 0.269 e. The van der Waals surface area contributed by atoms with Gasteiger partial charge in [-0.15, -0.1) is 0 Å². The highest BCUT2D eigenvalue weighted by molar-refractivity contribution is 6.31. The summed E-state index contributed by atoms with van der Waals surface area (Å²) in [4.78, 5) is 35.7. The Labute approximate surface area is 153 Å². The van der Waals surface area contributed by atoms with Gasteiger partial charge in [0.05, 0.1) is 10.6 Å². The van der Waals surface area contributed by atoms with E-state index in [0.717, 1.165) is 0 Å². The van der Waals surface area contributed by atoms with Crippen LogP contribution in [0.15, 0.2) is 36.4 Å². The van der Waals surface area contributed by atoms with E-state index >= 15 is 0 Å². The Morgan fingerprint density at radius 2 is 2.12 bits per heavy atom. The van der Waals surface area contributed by atoms with Gasteiger partial charge in [0, 0.05) is 36.3 Å². The third kappa shape index (κ3) is 3.60. The molecule has 9 heteroatoms. The lowest BCUT2D eigenvalue weighted by molar-refractivity contribution is -0.384. The zero-order valence-corrected chi connectivity index (χ0v) is 14.4. The van der Waals surface area contributed by atoms with Crippen LogP contribution >= 0.6 is 11.6 Å². The number of hydrogen-bond acceptors (Lipinski definition) is 5. The van der Waals surface area contributed by atoms with Gasteiger partial charge in [0.2, 0.25) is 0 Å². The van der Waals surface area contributed by atoms with Gasteiger partial charge >= 0.3 is 0 Å². The number of nitrogens with zero attached hydrogens (tertiary/aromatic N) is 2. The maximum absolute atomic E-state index is 12.6. The van der Waals surface area contributed by atoms with E-state index in [1.807, 2.05) is 0 Å². The minimum Gasteiger partial charge on any atom is -0.482 e. The fourth-order valence-electron chi connectivity index (χ4n) is 2.55. The number of anilines is 1. The average Bonchev–Trinajstić information content (AvgIpc) is 2.62. The molecule has 0 spiro atoms. The Bertz CT molecular complexity index is 915. The van der Waals surface area contributed by atoms with Crippen molar-refractivity contribution in [2.45, 2.75) is 6.54 Å². The number of nitro benzene ring substituents is 1. The minimum absolute atomic E-state index is 0.0943. The Balaban J connectivity index is 1.79. The molecule has 3 rings (SSSR count). The number of ether oxygens (including phenoxy) is 1. The lowest BCUT2D eigenvalue weighted by Gasteiger charge is -2.21. The second-order valence-electron chi connectivity index (χ2n) is 5.74. The summed E-state index contributed by atoms with van der Waals surface area (Å²) < 4.78 is 5.31. The molecule has 0 radical (unpaired) electrons. The molecule has 2 aromatic carbocycles. The number of carbonyl (C=O) groups excluding carboxylic acids is 2. The molecule has 0 aromatic heterocycles. The molecule has 1 aliphatic heterocycles. The summed E-state index contributed by atoms with van der Waals surface area (Å²) >= 11 is 6.08. The molecule has 26 heavy (non-hydrogen) atoms. The SMILES string of the molecule is CN(Cc1cc([N+](=O)[O-])ccc1Cl)C(=O)c1ccc2c(c1)OCC(=O)N2. The highest BCUT2D eigenvalue weighted by Gasteiger charge is 2.20. The van der Waals surface area contributed by atoms with Crippen molar-refractivity contribution in [1.82, 2.24) is 4.90 Å². The van der Waals surface area contributed by atoms with Crippen molar-refractivity contribution < 1.29 is 19.2 Å². The van der Waals surface area contributed by atoms with Gasteiger partial charge in [-0.1, -0.05) is 11.6 Å². The second kappa shape index (κ2) is 7.01. The summed E-state index contributed by atoms with van der Waals surface area (Å²) in [7, 11) is 1.57. The molecule has 1 heterocycles. The highest BCUT2D eigenvalue weighted by atomic mass is 35.5. The first-order chi connectivity index (χ1) is 12.3. The Morgan fingerprint density at radius 1 is 1.35 bits per heavy atom. The van der Waals surface area contributed by atoms with Crippen molar-refractivity contribution in [3.8, 4) is 5.75 Å². The van der Waals surface area contributed by atoms with Crippen LogP contribution in [0.1, 0.15) is 15.9 Å². The standard InChI is InChI=1S/C17H14ClN3O5/c1-20(8-11-6-12(21(24)25)3-4-13(11)18)17(23)10-2-5-14-15(7-10)26-9-16(22)19-14/h2-7H,8-9H2,1H3,(H,19,22). The molecule has 1 N–H and O–H groups in total. The number of fused-ring (bicyclic) bond motifs is 1. The smallest absolute Gasteiger partial charge is 0.269 e. The monoisotopic (exact) mass is 375 g/mol. The van der Waals surface area contributed by atoms with E-state index in [9.17, 15) is 19.7 Å². The number of hydrogen-bond donors (Lipinski definition) is 1. The molecule has 0 saturated heterocycles. The number of non-ortho nitro benzene ring substituents is 1. The zero-order valence-electron chi connectivity index (χ0n) is 13.7. The van der Waals surface area contributed by atoms with E-state index in [1.165, 1.54) is 23.1 Å². The van der Waals surface area contributed by atoms with Crippen molar-refractivity contribution in [1.29, 1.82) is 0 Å². The van der Waals surface area contributed by atoms with Crippen LogP contribution in [0.5, 0.6) is 5.75 Å². The van der Waals surface area contributed by atoms with Crippen LogP contribution in [0.25, 0.3) is 0 Å². The van der Waals surface area contributed by atoms with E-state index < -0.39 is 4.92 Å². The van der Waals surface area contributed by atoms with Gasteiger partial charge in [-0.3, -0.25) is 19.7 Å². The molecule has 2 aromatic rings. The summed E-state index contributed by atoms with van der Waals surface area (Å²) in [6, 6.07) is 8.79. The van der Waals surface area contributed by atoms with Gasteiger partial charge in [0.25, 0.3) is 17.5 Å². The van der Waals surface area contributed by atoms with Gasteiger partial charge < -0.3 is 15.0 Å². The predicted octanol–water partition coefficient (Wildman–Crippen LogP) is 2.85. The average molecular weight is 376 g/mol. The van der Waals surface area contributed by atoms with Crippen LogP contribution in [0, 0.1) is 10.1 Å². The fourth-order valence-corrected chi connectivity index (χ4v) is 2.73. The summed E-state index contributed by atoms with van der Waals surface area (Å²) in [5.41, 5.74) is 1.24. The van der Waals surface area contributed by atoms with E-state index in [2.05, 4.69) is 5.32 Å². The summed E-state index contributed by atoms with van der Waals surface area (Å²) in [5.74, 6) is -0.151. The van der Waals surface area contributed by atoms with E-state index in [4.69, 9.17) is 16.3 Å². The van der Waals surface area contributed by atoms with Gasteiger partial charge in [0.15, 0.2) is 6.61 Å². The highest BCUT2D eigenvalue weighted by Crippen LogP contribution is 2.29. The van der Waals surface area contributed by atoms with Crippen LogP contribution in [0.4, 0.5) is 11.4 Å². The third-order valence-corrected chi connectivity index (χ3v) is 4.22. The van der Waals surface area contributed by atoms with E-state index in [1.54, 1.807) is 25.2 Å². The van der Waals surface area contributed by atoms with Gasteiger partial charge in [-0.2, -0.15) is 0 Å². The molecule has 0 bridgehead atoms. The summed E-state index contributed by atoms with van der Waals surface area (Å²) in [6.07, 6.45) is 0. The van der Waals surface area contributed by atoms with Crippen molar-refractivity contribution in [3.63, 3.8) is 0 Å². The topological polar surface area (TPSA) is 102 Å². The first-order valence-electron chi connectivity index (χ1n) is 7.60. The number of rotatable bonds is 4. The number of nitrogens with one attached hydrogen (secondary N) is 1. The van der Waals surface area contributed by atoms with Crippen LogP contribution in [0.3, 0.4) is 0 Å². The molecule has 0 atom stereocenters. The lowest BCUT2D eigenvalue weighted by atomic mass is 10.1. The van der Waals surface area contributed by atoms with E-state index in [-0.39, 0.29) is 30.7 Å².